The molecule has 0 saturated heterocycles. The van der Waals surface area contributed by atoms with E-state index in [0.29, 0.717) is 5.82 Å². The number of carbonyl (C=O) groups is 2. The fraction of sp³-hybridized carbons (Fsp3) is 0.256. The van der Waals surface area contributed by atoms with E-state index >= 15 is 0 Å². The minimum absolute atomic E-state index is 0.0253. The average molecular weight is 616 g/mol. The van der Waals surface area contributed by atoms with E-state index in [2.05, 4.69) is 5.32 Å². The first-order valence-corrected chi connectivity index (χ1v) is 15.5. The van der Waals surface area contributed by atoms with E-state index in [9.17, 15) is 9.59 Å². The lowest BCUT2D eigenvalue weighted by molar-refractivity contribution is -0.155. The highest BCUT2D eigenvalue weighted by atomic mass is 16.6. The van der Waals surface area contributed by atoms with Gasteiger partial charge >= 0.3 is 11.9 Å². The fourth-order valence-electron chi connectivity index (χ4n) is 5.28. The molecule has 0 bridgehead atoms. The van der Waals surface area contributed by atoms with Gasteiger partial charge < -0.3 is 19.4 Å². The van der Waals surface area contributed by atoms with Crippen LogP contribution in [-0.4, -0.2) is 39.2 Å². The van der Waals surface area contributed by atoms with Crippen molar-refractivity contribution in [1.29, 1.82) is 0 Å². The summed E-state index contributed by atoms with van der Waals surface area (Å²) >= 11 is 0. The second-order valence-corrected chi connectivity index (χ2v) is 13.1. The molecule has 0 amide bonds. The average Bonchev–Trinajstić information content (AvgIpc) is 3.38. The number of nitrogens with one attached hydrogen (secondary N) is 1. The van der Waals surface area contributed by atoms with E-state index in [1.807, 2.05) is 155 Å². The molecule has 46 heavy (non-hydrogen) atoms. The number of hydrogen-bond donors (Lipinski definition) is 1. The van der Waals surface area contributed by atoms with Crippen LogP contribution in [0.5, 0.6) is 0 Å². The minimum Gasteiger partial charge on any atom is -0.459 e. The van der Waals surface area contributed by atoms with Gasteiger partial charge in [0, 0.05) is 22.4 Å². The van der Waals surface area contributed by atoms with Crippen molar-refractivity contribution in [1.82, 2.24) is 9.55 Å². The van der Waals surface area contributed by atoms with Crippen molar-refractivity contribution in [2.24, 2.45) is 0 Å². The summed E-state index contributed by atoms with van der Waals surface area (Å²) < 4.78 is 13.2. The molecule has 0 spiro atoms. The van der Waals surface area contributed by atoms with Gasteiger partial charge in [0.25, 0.3) is 0 Å². The number of hydrogen-bond acceptors (Lipinski definition) is 6. The molecule has 0 saturated carbocycles. The molecular formula is C39H41N3O4. The predicted octanol–water partition coefficient (Wildman–Crippen LogP) is 8.65. The van der Waals surface area contributed by atoms with Gasteiger partial charge in [-0.1, -0.05) is 97.1 Å². The van der Waals surface area contributed by atoms with Crippen molar-refractivity contribution in [2.75, 3.05) is 11.9 Å². The van der Waals surface area contributed by atoms with Crippen LogP contribution in [0.1, 0.15) is 41.5 Å². The van der Waals surface area contributed by atoms with Crippen LogP contribution in [0.25, 0.3) is 45.0 Å². The van der Waals surface area contributed by atoms with E-state index in [4.69, 9.17) is 14.5 Å². The number of anilines is 1. The number of ether oxygens (including phenoxy) is 2. The summed E-state index contributed by atoms with van der Waals surface area (Å²) in [5, 5.41) is 3.20. The van der Waals surface area contributed by atoms with Crippen LogP contribution in [0, 0.1) is 0 Å². The highest BCUT2D eigenvalue weighted by Crippen LogP contribution is 2.40. The number of imidazole rings is 1. The Morgan fingerprint density at radius 3 is 1.83 bits per heavy atom. The zero-order valence-corrected chi connectivity index (χ0v) is 27.3. The van der Waals surface area contributed by atoms with Crippen molar-refractivity contribution < 1.29 is 19.1 Å². The molecule has 7 heteroatoms. The maximum Gasteiger partial charge on any atom is 0.326 e. The molecule has 0 atom stereocenters. The molecule has 0 aliphatic heterocycles. The topological polar surface area (TPSA) is 82.5 Å². The summed E-state index contributed by atoms with van der Waals surface area (Å²) in [4.78, 5) is 31.1. The zero-order chi connectivity index (χ0) is 32.9. The summed E-state index contributed by atoms with van der Waals surface area (Å²) in [6.45, 7) is 11.2. The molecule has 7 nitrogen and oxygen atoms in total. The summed E-state index contributed by atoms with van der Waals surface area (Å²) in [7, 11) is 0. The standard InChI is InChI=1S/C39H41N3O4/c1-38(2,3)45-33(43)25-40-30-21-15-20-29(24-30)31-22-13-14-23-32(31)37-41-35(27-16-9-7-10-17-27)36(28-18-11-8-12-19-28)42(37)26-34(44)46-39(4,5)6/h7-24,40H,25-26H2,1-6H3. The first-order chi connectivity index (χ1) is 21.9. The Labute approximate surface area is 271 Å². The van der Waals surface area contributed by atoms with Crippen molar-refractivity contribution in [3.8, 4) is 45.0 Å². The monoisotopic (exact) mass is 615 g/mol. The third-order valence-corrected chi connectivity index (χ3v) is 6.97. The van der Waals surface area contributed by atoms with Gasteiger partial charge in [0.1, 0.15) is 30.1 Å². The smallest absolute Gasteiger partial charge is 0.326 e. The molecule has 1 heterocycles. The number of rotatable bonds is 9. The first kappa shape index (κ1) is 32.2. The predicted molar refractivity (Wildman–Crippen MR) is 184 cm³/mol. The fourth-order valence-corrected chi connectivity index (χ4v) is 5.28. The molecule has 1 aromatic heterocycles. The molecule has 0 aliphatic rings. The van der Waals surface area contributed by atoms with Gasteiger partial charge in [-0.25, -0.2) is 4.98 Å². The van der Waals surface area contributed by atoms with E-state index < -0.39 is 11.2 Å². The van der Waals surface area contributed by atoms with Gasteiger partial charge in [0.15, 0.2) is 0 Å². The lowest BCUT2D eigenvalue weighted by Crippen LogP contribution is -2.28. The quantitative estimate of drug-likeness (QED) is 0.167. The van der Waals surface area contributed by atoms with E-state index in [-0.39, 0.29) is 25.0 Å². The number of esters is 2. The van der Waals surface area contributed by atoms with Crippen molar-refractivity contribution >= 4 is 17.6 Å². The molecule has 236 valence electrons. The van der Waals surface area contributed by atoms with Gasteiger partial charge in [-0.2, -0.15) is 0 Å². The molecule has 5 aromatic rings. The van der Waals surface area contributed by atoms with E-state index in [1.165, 1.54) is 0 Å². The lowest BCUT2D eigenvalue weighted by Gasteiger charge is -2.21. The van der Waals surface area contributed by atoms with Crippen LogP contribution in [-0.2, 0) is 25.6 Å². The Hall–Kier alpha value is -5.17. The highest BCUT2D eigenvalue weighted by molar-refractivity contribution is 5.88. The van der Waals surface area contributed by atoms with Crippen LogP contribution >= 0.6 is 0 Å². The largest absolute Gasteiger partial charge is 0.459 e. The third-order valence-electron chi connectivity index (χ3n) is 6.97. The van der Waals surface area contributed by atoms with Crippen molar-refractivity contribution in [3.63, 3.8) is 0 Å². The number of benzene rings is 4. The van der Waals surface area contributed by atoms with Crippen LogP contribution < -0.4 is 5.32 Å². The summed E-state index contributed by atoms with van der Waals surface area (Å²) in [5.41, 5.74) is 5.78. The Morgan fingerprint density at radius 1 is 0.652 bits per heavy atom. The lowest BCUT2D eigenvalue weighted by atomic mass is 9.98. The van der Waals surface area contributed by atoms with Crippen LogP contribution in [0.4, 0.5) is 5.69 Å². The molecule has 0 aliphatic carbocycles. The molecular weight excluding hydrogens is 574 g/mol. The van der Waals surface area contributed by atoms with Crippen molar-refractivity contribution in [2.45, 2.75) is 59.3 Å². The van der Waals surface area contributed by atoms with Gasteiger partial charge in [0.05, 0.1) is 11.4 Å². The normalized spacial score (nSPS) is 11.6. The Bertz CT molecular complexity index is 1810. The molecule has 0 fully saturated rings. The SMILES string of the molecule is CC(C)(C)OC(=O)CNc1cccc(-c2ccccc2-c2nc(-c3ccccc3)c(-c3ccccc3)n2CC(=O)OC(C)(C)C)c1. The van der Waals surface area contributed by atoms with Crippen LogP contribution in [0.15, 0.2) is 109 Å². The second-order valence-electron chi connectivity index (χ2n) is 13.1. The first-order valence-electron chi connectivity index (χ1n) is 15.5. The molecule has 4 aromatic carbocycles. The van der Waals surface area contributed by atoms with Gasteiger partial charge in [0.2, 0.25) is 0 Å². The Kier molecular flexibility index (Phi) is 9.42. The number of nitrogens with zero attached hydrogens (tertiary/aromatic N) is 2. The van der Waals surface area contributed by atoms with Gasteiger partial charge in [-0.05, 0) is 64.8 Å². The number of carbonyl (C=O) groups excluding carboxylic acids is 2. The van der Waals surface area contributed by atoms with Crippen LogP contribution in [0.2, 0.25) is 0 Å². The Morgan fingerprint density at radius 2 is 1.20 bits per heavy atom. The summed E-state index contributed by atoms with van der Waals surface area (Å²) in [5.74, 6) is -0.0376. The zero-order valence-electron chi connectivity index (χ0n) is 27.3. The summed E-state index contributed by atoms with van der Waals surface area (Å²) in [6, 6.07) is 35.9. The van der Waals surface area contributed by atoms with Gasteiger partial charge in [-0.15, -0.1) is 0 Å². The van der Waals surface area contributed by atoms with Crippen LogP contribution in [0.3, 0.4) is 0 Å². The molecule has 5 rings (SSSR count). The maximum atomic E-state index is 13.4. The molecule has 0 radical (unpaired) electrons. The minimum atomic E-state index is -0.641. The second kappa shape index (κ2) is 13.4. The third kappa shape index (κ3) is 8.10. The van der Waals surface area contributed by atoms with E-state index in [1.54, 1.807) is 0 Å². The maximum absolute atomic E-state index is 13.4. The van der Waals surface area contributed by atoms with Crippen molar-refractivity contribution in [3.05, 3.63) is 109 Å². The molecule has 1 N–H and O–H groups in total. The van der Waals surface area contributed by atoms with Gasteiger partial charge in [-0.3, -0.25) is 9.59 Å². The highest BCUT2D eigenvalue weighted by Gasteiger charge is 2.26. The van der Waals surface area contributed by atoms with E-state index in [0.717, 1.165) is 44.9 Å². The Balaban J connectivity index is 1.64. The summed E-state index contributed by atoms with van der Waals surface area (Å²) in [6.07, 6.45) is 0. The molecule has 0 unspecified atom stereocenters. The number of aromatic nitrogens is 2.